The van der Waals surface area contributed by atoms with Gasteiger partial charge in [-0.3, -0.25) is 4.79 Å². The number of fused-ring (bicyclic) bond motifs is 1. The van der Waals surface area contributed by atoms with Gasteiger partial charge in [0.25, 0.3) is 0 Å². The molecule has 0 radical (unpaired) electrons. The van der Waals surface area contributed by atoms with Gasteiger partial charge in [-0.2, -0.15) is 0 Å². The van der Waals surface area contributed by atoms with E-state index in [1.807, 2.05) is 4.90 Å². The zero-order valence-corrected chi connectivity index (χ0v) is 22.4. The lowest BCUT2D eigenvalue weighted by molar-refractivity contribution is -0.117. The maximum atomic E-state index is 15.4. The third-order valence-electron chi connectivity index (χ3n) is 7.06. The summed E-state index contributed by atoms with van der Waals surface area (Å²) in [5, 5.41) is 6.58. The van der Waals surface area contributed by atoms with E-state index >= 15 is 8.78 Å². The summed E-state index contributed by atoms with van der Waals surface area (Å²) in [7, 11) is 4.22. The lowest BCUT2D eigenvalue weighted by Crippen LogP contribution is -2.45. The lowest BCUT2D eigenvalue weighted by atomic mass is 10.1. The van der Waals surface area contributed by atoms with Gasteiger partial charge >= 0.3 is 0 Å². The van der Waals surface area contributed by atoms with Crippen molar-refractivity contribution in [2.24, 2.45) is 0 Å². The Morgan fingerprint density at radius 1 is 1.12 bits per heavy atom. The van der Waals surface area contributed by atoms with Gasteiger partial charge in [-0.1, -0.05) is 6.58 Å². The first-order valence-corrected chi connectivity index (χ1v) is 12.7. The largest absolute Gasteiger partial charge is 0.494 e. The Kier molecular flexibility index (Phi) is 7.94. The van der Waals surface area contributed by atoms with Crippen molar-refractivity contribution in [1.82, 2.24) is 20.3 Å². The fraction of sp³-hybridized carbons (Fsp3) is 0.407. The molecule has 3 aromatic rings. The Labute approximate surface area is 229 Å². The molecule has 2 unspecified atom stereocenters. The summed E-state index contributed by atoms with van der Waals surface area (Å²) >= 11 is 0. The van der Waals surface area contributed by atoms with E-state index in [0.29, 0.717) is 49.0 Å². The van der Waals surface area contributed by atoms with Crippen molar-refractivity contribution in [3.05, 3.63) is 42.6 Å². The van der Waals surface area contributed by atoms with Crippen LogP contribution in [0.1, 0.15) is 6.42 Å². The Bertz CT molecular complexity index is 1410. The Morgan fingerprint density at radius 3 is 2.50 bits per heavy atom. The molecule has 5 rings (SSSR count). The van der Waals surface area contributed by atoms with Gasteiger partial charge in [0.15, 0.2) is 29.0 Å². The highest BCUT2D eigenvalue weighted by atomic mass is 19.1. The van der Waals surface area contributed by atoms with Crippen LogP contribution < -0.4 is 25.0 Å². The number of halogens is 2. The normalized spacial score (nSPS) is 20.5. The molecule has 2 aliphatic heterocycles. The minimum atomic E-state index is -0.900. The average molecular weight is 557 g/mol. The van der Waals surface area contributed by atoms with E-state index in [0.717, 1.165) is 12.5 Å². The number of aromatic nitrogens is 3. The van der Waals surface area contributed by atoms with Crippen LogP contribution in [0, 0.1) is 11.6 Å². The predicted molar refractivity (Wildman–Crippen MR) is 144 cm³/mol. The van der Waals surface area contributed by atoms with Gasteiger partial charge in [0.2, 0.25) is 11.9 Å². The van der Waals surface area contributed by atoms with Crippen molar-refractivity contribution < 1.29 is 32.5 Å². The van der Waals surface area contributed by atoms with E-state index in [1.54, 1.807) is 13.3 Å². The number of hydrogen-bond donors (Lipinski definition) is 2. The van der Waals surface area contributed by atoms with Crippen molar-refractivity contribution in [2.45, 2.75) is 24.6 Å². The van der Waals surface area contributed by atoms with Gasteiger partial charge < -0.3 is 34.5 Å². The molecule has 2 saturated heterocycles. The Morgan fingerprint density at radius 2 is 1.85 bits per heavy atom. The average Bonchev–Trinajstić information content (AvgIpc) is 3.62. The zero-order chi connectivity index (χ0) is 28.4. The van der Waals surface area contributed by atoms with Crippen LogP contribution >= 0.6 is 0 Å². The van der Waals surface area contributed by atoms with Crippen LogP contribution in [-0.2, 0) is 14.3 Å². The molecule has 13 heteroatoms. The summed E-state index contributed by atoms with van der Waals surface area (Å²) in [6.45, 7) is 5.28. The lowest BCUT2D eigenvalue weighted by Gasteiger charge is -2.22. The fourth-order valence-electron chi connectivity index (χ4n) is 4.91. The van der Waals surface area contributed by atoms with Crippen molar-refractivity contribution in [3.8, 4) is 22.8 Å². The van der Waals surface area contributed by atoms with Gasteiger partial charge in [0, 0.05) is 37.8 Å². The van der Waals surface area contributed by atoms with Gasteiger partial charge in [0.1, 0.15) is 5.52 Å². The number of rotatable bonds is 9. The molecule has 212 valence electrons. The molecule has 2 N–H and O–H groups in total. The smallest absolute Gasteiger partial charge is 0.243 e. The van der Waals surface area contributed by atoms with Crippen molar-refractivity contribution in [1.29, 1.82) is 0 Å². The standard InChI is InChI=1S/C27H30F2N6O5/c1-5-21(36)31-17-12-40-13-18(17)33-27-30-10-14-8-16(22-23(28)19(38-3)9-20(39-4)24(22)29)32-26(25(14)34-27)35-7-6-15(11-35)37-2/h5,8-10,15,17-18H,1,6-7,11-13H2,2-4H3,(H,31,36)(H,30,33,34)/t15?,17-,18?/m0/s1. The summed E-state index contributed by atoms with van der Waals surface area (Å²) < 4.78 is 52.1. The van der Waals surface area contributed by atoms with E-state index < -0.39 is 11.6 Å². The van der Waals surface area contributed by atoms with E-state index in [9.17, 15) is 4.79 Å². The summed E-state index contributed by atoms with van der Waals surface area (Å²) in [6.07, 6.45) is 3.48. The number of ether oxygens (including phenoxy) is 4. The monoisotopic (exact) mass is 556 g/mol. The molecule has 2 fully saturated rings. The molecule has 0 bridgehead atoms. The second-order valence-corrected chi connectivity index (χ2v) is 9.45. The van der Waals surface area contributed by atoms with Crippen LogP contribution in [0.2, 0.25) is 0 Å². The van der Waals surface area contributed by atoms with Crippen LogP contribution in [-0.4, -0.2) is 86.7 Å². The molecule has 4 heterocycles. The Hall–Kier alpha value is -4.10. The molecule has 40 heavy (non-hydrogen) atoms. The molecule has 1 amide bonds. The highest BCUT2D eigenvalue weighted by molar-refractivity contribution is 5.92. The second-order valence-electron chi connectivity index (χ2n) is 9.45. The maximum Gasteiger partial charge on any atom is 0.243 e. The quantitative estimate of drug-likeness (QED) is 0.381. The number of nitrogens with zero attached hydrogens (tertiary/aromatic N) is 4. The number of benzene rings is 1. The first-order valence-electron chi connectivity index (χ1n) is 12.7. The first-order chi connectivity index (χ1) is 19.4. The topological polar surface area (TPSA) is 120 Å². The van der Waals surface area contributed by atoms with Crippen LogP contribution in [0.15, 0.2) is 31.0 Å². The minimum absolute atomic E-state index is 0.0322. The molecular formula is C27H30F2N6O5. The molecular weight excluding hydrogens is 526 g/mol. The minimum Gasteiger partial charge on any atom is -0.494 e. The molecule has 0 saturated carbocycles. The van der Waals surface area contributed by atoms with Gasteiger partial charge in [-0.15, -0.1) is 0 Å². The van der Waals surface area contributed by atoms with Crippen molar-refractivity contribution in [3.63, 3.8) is 0 Å². The van der Waals surface area contributed by atoms with Crippen LogP contribution in [0.4, 0.5) is 20.5 Å². The number of pyridine rings is 1. The number of amides is 1. The molecule has 0 spiro atoms. The SMILES string of the molecule is C=CC(=O)N[C@H]1COCC1Nc1ncc2cc(-c3c(F)c(OC)cc(OC)c3F)nc(N3CCC(OC)C3)c2n1. The van der Waals surface area contributed by atoms with Gasteiger partial charge in [0.05, 0.1) is 56.9 Å². The molecule has 11 nitrogen and oxygen atoms in total. The highest BCUT2D eigenvalue weighted by Gasteiger charge is 2.31. The maximum absolute atomic E-state index is 15.4. The number of methoxy groups -OCH3 is 3. The molecule has 1 aromatic carbocycles. The van der Waals surface area contributed by atoms with Crippen molar-refractivity contribution >= 4 is 28.6 Å². The highest BCUT2D eigenvalue weighted by Crippen LogP contribution is 2.39. The van der Waals surface area contributed by atoms with Crippen LogP contribution in [0.3, 0.4) is 0 Å². The Balaban J connectivity index is 1.59. The summed E-state index contributed by atoms with van der Waals surface area (Å²) in [5.41, 5.74) is 0.142. The predicted octanol–water partition coefficient (Wildman–Crippen LogP) is 2.69. The zero-order valence-electron chi connectivity index (χ0n) is 22.4. The number of carbonyl (C=O) groups is 1. The molecule has 2 aliphatic rings. The van der Waals surface area contributed by atoms with Crippen LogP contribution in [0.25, 0.3) is 22.2 Å². The van der Waals surface area contributed by atoms with E-state index in [4.69, 9.17) is 28.9 Å². The molecule has 3 atom stereocenters. The summed E-state index contributed by atoms with van der Waals surface area (Å²) in [4.78, 5) is 27.6. The fourth-order valence-corrected chi connectivity index (χ4v) is 4.91. The molecule has 2 aromatic heterocycles. The number of nitrogens with one attached hydrogen (secondary N) is 2. The van der Waals surface area contributed by atoms with Crippen LogP contribution in [0.5, 0.6) is 11.5 Å². The number of hydrogen-bond acceptors (Lipinski definition) is 10. The van der Waals surface area contributed by atoms with E-state index in [-0.39, 0.29) is 46.9 Å². The third-order valence-corrected chi connectivity index (χ3v) is 7.06. The first kappa shape index (κ1) is 27.5. The second kappa shape index (κ2) is 11.6. The van der Waals surface area contributed by atoms with E-state index in [1.165, 1.54) is 26.4 Å². The number of anilines is 2. The van der Waals surface area contributed by atoms with Gasteiger partial charge in [-0.05, 0) is 18.6 Å². The number of carbonyl (C=O) groups excluding carboxylic acids is 1. The third kappa shape index (κ3) is 5.21. The molecule has 0 aliphatic carbocycles. The van der Waals surface area contributed by atoms with Gasteiger partial charge in [-0.25, -0.2) is 23.7 Å². The summed E-state index contributed by atoms with van der Waals surface area (Å²) in [5.74, 6) is -1.74. The van der Waals surface area contributed by atoms with E-state index in [2.05, 4.69) is 22.2 Å². The summed E-state index contributed by atoms with van der Waals surface area (Å²) in [6, 6.07) is 2.09. The van der Waals surface area contributed by atoms with Crippen molar-refractivity contribution in [2.75, 3.05) is 57.8 Å².